The van der Waals surface area contributed by atoms with E-state index in [0.29, 0.717) is 11.3 Å². The van der Waals surface area contributed by atoms with Crippen molar-refractivity contribution in [3.05, 3.63) is 78.1 Å². The van der Waals surface area contributed by atoms with Crippen LogP contribution in [0.15, 0.2) is 72.5 Å². The number of hydrogen-bond donors (Lipinski definition) is 1. The molecule has 0 fully saturated rings. The number of aliphatic hydroxyl groups excluding tert-OH is 1. The molecule has 32 heavy (non-hydrogen) atoms. The van der Waals surface area contributed by atoms with Gasteiger partial charge in [-0.2, -0.15) is 26.3 Å². The van der Waals surface area contributed by atoms with Crippen LogP contribution in [0.1, 0.15) is 18.4 Å². The minimum atomic E-state index is -4.88. The van der Waals surface area contributed by atoms with Gasteiger partial charge in [-0.05, 0) is 30.2 Å². The van der Waals surface area contributed by atoms with Crippen molar-refractivity contribution in [1.82, 2.24) is 4.90 Å². The lowest BCUT2D eigenvalue weighted by Gasteiger charge is -2.38. The third kappa shape index (κ3) is 6.74. The Labute approximate surface area is 181 Å². The third-order valence-electron chi connectivity index (χ3n) is 5.29. The van der Waals surface area contributed by atoms with Gasteiger partial charge in [-0.1, -0.05) is 48.5 Å². The van der Waals surface area contributed by atoms with Gasteiger partial charge in [0.15, 0.2) is 6.10 Å². The summed E-state index contributed by atoms with van der Waals surface area (Å²) in [4.78, 5) is 1.26. The van der Waals surface area contributed by atoms with Crippen LogP contribution in [-0.2, 0) is 6.54 Å². The van der Waals surface area contributed by atoms with E-state index in [0.717, 1.165) is 6.08 Å². The Kier molecular flexibility index (Phi) is 7.51. The molecule has 0 heterocycles. The molecule has 0 saturated carbocycles. The molecule has 0 aliphatic heterocycles. The lowest BCUT2D eigenvalue weighted by Crippen LogP contribution is -2.47. The van der Waals surface area contributed by atoms with Gasteiger partial charge >= 0.3 is 12.4 Å². The molecule has 0 bridgehead atoms. The topological polar surface area (TPSA) is 32.7 Å². The fourth-order valence-electron chi connectivity index (χ4n) is 3.68. The number of benzene rings is 2. The average Bonchev–Trinajstić information content (AvgIpc) is 2.73. The van der Waals surface area contributed by atoms with Gasteiger partial charge in [-0.15, -0.1) is 0 Å². The molecule has 9 heteroatoms. The molecule has 1 aliphatic carbocycles. The zero-order valence-corrected chi connectivity index (χ0v) is 17.0. The van der Waals surface area contributed by atoms with E-state index < -0.39 is 43.4 Å². The van der Waals surface area contributed by atoms with Crippen molar-refractivity contribution < 1.29 is 36.2 Å². The summed E-state index contributed by atoms with van der Waals surface area (Å²) < 4.78 is 85.7. The molecule has 1 aliphatic rings. The van der Waals surface area contributed by atoms with Crippen molar-refractivity contribution in [3.8, 4) is 5.75 Å². The summed E-state index contributed by atoms with van der Waals surface area (Å²) >= 11 is 0. The number of alkyl halides is 6. The van der Waals surface area contributed by atoms with Crippen molar-refractivity contribution >= 4 is 0 Å². The smallest absolute Gasteiger partial charge is 0.415 e. The van der Waals surface area contributed by atoms with E-state index >= 15 is 0 Å². The Morgan fingerprint density at radius 2 is 1.53 bits per heavy atom. The molecule has 174 valence electrons. The first kappa shape index (κ1) is 24.1. The molecule has 0 spiro atoms. The Hall–Kier alpha value is -2.52. The second-order valence-electron chi connectivity index (χ2n) is 7.76. The molecule has 3 atom stereocenters. The van der Waals surface area contributed by atoms with Gasteiger partial charge in [-0.25, -0.2) is 0 Å². The van der Waals surface area contributed by atoms with Crippen LogP contribution in [0.25, 0.3) is 0 Å². The molecule has 2 aromatic rings. The van der Waals surface area contributed by atoms with Crippen LogP contribution in [0.5, 0.6) is 5.75 Å². The van der Waals surface area contributed by atoms with Crippen molar-refractivity contribution in [3.63, 3.8) is 0 Å². The largest absolute Gasteiger partial charge is 0.462 e. The number of rotatable bonds is 7. The first-order chi connectivity index (χ1) is 15.0. The van der Waals surface area contributed by atoms with Gasteiger partial charge in [0.2, 0.25) is 0 Å². The van der Waals surface area contributed by atoms with Crippen molar-refractivity contribution in [2.45, 2.75) is 43.9 Å². The Morgan fingerprint density at radius 3 is 2.09 bits per heavy atom. The summed E-state index contributed by atoms with van der Waals surface area (Å²) in [5.41, 5.74) is 0.630. The predicted octanol–water partition coefficient (Wildman–Crippen LogP) is 5.72. The molecule has 1 N–H and O–H groups in total. The molecule has 3 nitrogen and oxygen atoms in total. The first-order valence-corrected chi connectivity index (χ1v) is 10.1. The second kappa shape index (κ2) is 9.95. The monoisotopic (exact) mass is 459 g/mol. The maximum absolute atomic E-state index is 13.6. The number of nitrogens with zero attached hydrogens (tertiary/aromatic N) is 1. The quantitative estimate of drug-likeness (QED) is 0.538. The molecule has 0 aromatic heterocycles. The molecular formula is C23H23F6NO2. The molecule has 3 unspecified atom stereocenters. The first-order valence-electron chi connectivity index (χ1n) is 10.1. The second-order valence-corrected chi connectivity index (χ2v) is 7.76. The number of halogens is 6. The van der Waals surface area contributed by atoms with E-state index in [1.807, 2.05) is 0 Å². The molecule has 0 amide bonds. The van der Waals surface area contributed by atoms with Crippen LogP contribution < -0.4 is 4.74 Å². The zero-order chi connectivity index (χ0) is 23.4. The molecular weight excluding hydrogens is 436 g/mol. The molecule has 2 aromatic carbocycles. The van der Waals surface area contributed by atoms with Crippen LogP contribution in [-0.4, -0.2) is 41.0 Å². The van der Waals surface area contributed by atoms with E-state index in [-0.39, 0.29) is 18.7 Å². The Balaban J connectivity index is 1.88. The number of para-hydroxylation sites is 1. The average molecular weight is 459 g/mol. The summed E-state index contributed by atoms with van der Waals surface area (Å²) in [6, 6.07) is 15.8. The fraction of sp³-hybridized carbons (Fsp3) is 0.391. The van der Waals surface area contributed by atoms with Crippen LogP contribution in [0.2, 0.25) is 0 Å². The highest BCUT2D eigenvalue weighted by Crippen LogP contribution is 2.39. The molecule has 3 rings (SSSR count). The predicted molar refractivity (Wildman–Crippen MR) is 107 cm³/mol. The van der Waals surface area contributed by atoms with Gasteiger partial charge in [0.25, 0.3) is 0 Å². The van der Waals surface area contributed by atoms with Gasteiger partial charge in [-0.3, -0.25) is 4.90 Å². The highest BCUT2D eigenvalue weighted by molar-refractivity contribution is 5.25. The van der Waals surface area contributed by atoms with Gasteiger partial charge in [0, 0.05) is 25.6 Å². The van der Waals surface area contributed by atoms with Crippen molar-refractivity contribution in [2.75, 3.05) is 6.54 Å². The summed E-state index contributed by atoms with van der Waals surface area (Å²) in [7, 11) is 0. The van der Waals surface area contributed by atoms with Crippen molar-refractivity contribution in [2.24, 2.45) is 5.92 Å². The zero-order valence-electron chi connectivity index (χ0n) is 17.0. The highest BCUT2D eigenvalue weighted by atomic mass is 19.4. The molecule has 0 saturated heterocycles. The third-order valence-corrected chi connectivity index (χ3v) is 5.29. The minimum Gasteiger partial charge on any atom is -0.462 e. The van der Waals surface area contributed by atoms with Crippen LogP contribution in [0.3, 0.4) is 0 Å². The van der Waals surface area contributed by atoms with E-state index in [1.165, 1.54) is 4.90 Å². The lowest BCUT2D eigenvalue weighted by atomic mass is 9.88. The number of aliphatic hydroxyl groups is 1. The maximum Gasteiger partial charge on any atom is 0.415 e. The lowest BCUT2D eigenvalue weighted by molar-refractivity contribution is -0.211. The maximum atomic E-state index is 13.6. The number of ether oxygens (including phenoxy) is 1. The minimum absolute atomic E-state index is 0.0150. The number of allylic oxidation sites excluding steroid dienone is 1. The number of hydrogen-bond acceptors (Lipinski definition) is 3. The summed E-state index contributed by atoms with van der Waals surface area (Å²) in [5, 5.41) is 9.66. The van der Waals surface area contributed by atoms with Gasteiger partial charge < -0.3 is 9.84 Å². The normalized spacial score (nSPS) is 20.7. The van der Waals surface area contributed by atoms with E-state index in [9.17, 15) is 31.4 Å². The molecule has 0 radical (unpaired) electrons. The standard InChI is InChI=1S/C23H23F6NO2/c24-22(25,26)17-11-18(13-20(12-17)32-19-9-5-2-6-10-19)30(15-21(31)23(27,28)29)14-16-7-3-1-4-8-16/h1-10,12,17-18,21,31H,11,13-15H2. The van der Waals surface area contributed by atoms with E-state index in [1.54, 1.807) is 60.7 Å². The van der Waals surface area contributed by atoms with Crippen LogP contribution in [0.4, 0.5) is 26.3 Å². The van der Waals surface area contributed by atoms with E-state index in [2.05, 4.69) is 0 Å². The van der Waals surface area contributed by atoms with Crippen LogP contribution >= 0.6 is 0 Å². The Bertz CT molecular complexity index is 883. The van der Waals surface area contributed by atoms with Gasteiger partial charge in [0.1, 0.15) is 11.5 Å². The highest BCUT2D eigenvalue weighted by Gasteiger charge is 2.45. The SMILES string of the molecule is OC(CN(Cc1ccccc1)C1CC(Oc2ccccc2)=CC(C(F)(F)F)C1)C(F)(F)F. The summed E-state index contributed by atoms with van der Waals surface area (Å²) in [5.74, 6) is -1.50. The Morgan fingerprint density at radius 1 is 0.938 bits per heavy atom. The van der Waals surface area contributed by atoms with Crippen molar-refractivity contribution in [1.29, 1.82) is 0 Å². The van der Waals surface area contributed by atoms with Gasteiger partial charge in [0.05, 0.1) is 5.92 Å². The summed E-state index contributed by atoms with van der Waals surface area (Å²) in [6.07, 6.45) is -11.6. The summed E-state index contributed by atoms with van der Waals surface area (Å²) in [6.45, 7) is -0.881. The van der Waals surface area contributed by atoms with E-state index in [4.69, 9.17) is 4.74 Å². The van der Waals surface area contributed by atoms with Crippen LogP contribution in [0, 0.1) is 5.92 Å². The fourth-order valence-corrected chi connectivity index (χ4v) is 3.68.